The fourth-order valence-electron chi connectivity index (χ4n) is 3.54. The lowest BCUT2D eigenvalue weighted by atomic mass is 9.78. The molecule has 92 valence electrons. The van der Waals surface area contributed by atoms with E-state index < -0.39 is 0 Å². The number of likely N-dealkylation sites (N-methyl/N-ethyl adjacent to an activating group) is 1. The minimum absolute atomic E-state index is 0.592. The van der Waals surface area contributed by atoms with Gasteiger partial charge in [0, 0.05) is 35.9 Å². The highest BCUT2D eigenvalue weighted by molar-refractivity contribution is 5.92. The third-order valence-electron chi connectivity index (χ3n) is 4.40. The molecule has 0 radical (unpaired) electrons. The zero-order chi connectivity index (χ0) is 12.1. The van der Waals surface area contributed by atoms with Gasteiger partial charge in [0.05, 0.1) is 0 Å². The third kappa shape index (κ3) is 1.37. The third-order valence-corrected chi connectivity index (χ3v) is 4.40. The van der Waals surface area contributed by atoms with E-state index in [4.69, 9.17) is 0 Å². The van der Waals surface area contributed by atoms with E-state index in [1.807, 2.05) is 12.3 Å². The van der Waals surface area contributed by atoms with Crippen molar-refractivity contribution >= 4 is 16.6 Å². The van der Waals surface area contributed by atoms with Crippen LogP contribution in [0.5, 0.6) is 0 Å². The van der Waals surface area contributed by atoms with Crippen LogP contribution in [0.25, 0.3) is 16.6 Å². The normalized spacial score (nSPS) is 27.7. The molecule has 3 heteroatoms. The molecule has 2 unspecified atom stereocenters. The lowest BCUT2D eigenvalue weighted by molar-refractivity contribution is 0.180. The Kier molecular flexibility index (Phi) is 2.12. The molecule has 1 aliphatic carbocycles. The monoisotopic (exact) mass is 239 g/mol. The van der Waals surface area contributed by atoms with E-state index in [0.29, 0.717) is 6.04 Å². The van der Waals surface area contributed by atoms with Crippen molar-refractivity contribution in [1.29, 1.82) is 0 Å². The van der Waals surface area contributed by atoms with Crippen molar-refractivity contribution in [3.05, 3.63) is 36.2 Å². The van der Waals surface area contributed by atoms with Crippen LogP contribution < -0.4 is 0 Å². The molecule has 5 rings (SSSR count). The van der Waals surface area contributed by atoms with Gasteiger partial charge in [-0.2, -0.15) is 0 Å². The Labute approximate surface area is 107 Å². The topological polar surface area (TPSA) is 31.9 Å². The first-order chi connectivity index (χ1) is 8.83. The van der Waals surface area contributed by atoms with Crippen LogP contribution in [0.3, 0.4) is 0 Å². The first kappa shape index (κ1) is 10.3. The minimum atomic E-state index is 0.592. The smallest absolute Gasteiger partial charge is 0.137 e. The second kappa shape index (κ2) is 3.69. The standard InChI is InChI=1S/C15H17N3/c1-18-9-10-4-5-14(18)12(7-10)13-8-17-15-11(13)3-2-6-16-15/h2-3,6-8,10,14H,4-5,9H2,1H3,(H,16,17). The van der Waals surface area contributed by atoms with Crippen LogP contribution in [0.1, 0.15) is 18.4 Å². The van der Waals surface area contributed by atoms with E-state index in [-0.39, 0.29) is 0 Å². The summed E-state index contributed by atoms with van der Waals surface area (Å²) in [7, 11) is 2.25. The SMILES string of the molecule is CN1CC2C=C(c3c[nH]c4ncccc34)C1CC2. The fraction of sp³-hybridized carbons (Fsp3) is 0.400. The summed E-state index contributed by atoms with van der Waals surface area (Å²) < 4.78 is 0. The van der Waals surface area contributed by atoms with Gasteiger partial charge < -0.3 is 4.98 Å². The number of piperidine rings is 1. The number of fused-ring (bicyclic) bond motifs is 3. The number of aromatic amines is 1. The fourth-order valence-corrected chi connectivity index (χ4v) is 3.54. The Balaban J connectivity index is 1.88. The molecule has 1 fully saturated rings. The molecule has 2 bridgehead atoms. The molecule has 0 spiro atoms. The molecule has 0 amide bonds. The lowest BCUT2D eigenvalue weighted by Gasteiger charge is -2.43. The van der Waals surface area contributed by atoms with E-state index >= 15 is 0 Å². The molecule has 18 heavy (non-hydrogen) atoms. The predicted molar refractivity (Wildman–Crippen MR) is 73.2 cm³/mol. The number of rotatable bonds is 1. The molecule has 1 saturated heterocycles. The molecule has 0 saturated carbocycles. The summed E-state index contributed by atoms with van der Waals surface area (Å²) in [5.41, 5.74) is 3.84. The van der Waals surface area contributed by atoms with Gasteiger partial charge >= 0.3 is 0 Å². The molecular formula is C15H17N3. The highest BCUT2D eigenvalue weighted by Gasteiger charge is 2.34. The van der Waals surface area contributed by atoms with Crippen molar-refractivity contribution in [1.82, 2.24) is 14.9 Å². The van der Waals surface area contributed by atoms with Crippen molar-refractivity contribution in [3.63, 3.8) is 0 Å². The van der Waals surface area contributed by atoms with Crippen LogP contribution in [0.2, 0.25) is 0 Å². The van der Waals surface area contributed by atoms with Crippen LogP contribution in [-0.2, 0) is 0 Å². The molecule has 2 aromatic heterocycles. The number of nitrogens with zero attached hydrogens (tertiary/aromatic N) is 2. The van der Waals surface area contributed by atoms with E-state index in [1.54, 1.807) is 0 Å². The largest absolute Gasteiger partial charge is 0.346 e. The molecular weight excluding hydrogens is 222 g/mol. The molecule has 0 aromatic carbocycles. The van der Waals surface area contributed by atoms with Crippen molar-refractivity contribution in [3.8, 4) is 0 Å². The number of nitrogens with one attached hydrogen (secondary N) is 1. The number of H-pyrrole nitrogens is 1. The molecule has 4 heterocycles. The second-order valence-corrected chi connectivity index (χ2v) is 5.52. The summed E-state index contributed by atoms with van der Waals surface area (Å²) in [5.74, 6) is 0.733. The van der Waals surface area contributed by atoms with Crippen LogP contribution in [0, 0.1) is 5.92 Å². The van der Waals surface area contributed by atoms with Gasteiger partial charge in [0.25, 0.3) is 0 Å². The highest BCUT2D eigenvalue weighted by atomic mass is 15.1. The number of aromatic nitrogens is 2. The molecule has 1 N–H and O–H groups in total. The van der Waals surface area contributed by atoms with Crippen molar-refractivity contribution in [2.45, 2.75) is 18.9 Å². The van der Waals surface area contributed by atoms with Crippen LogP contribution in [0.4, 0.5) is 0 Å². The predicted octanol–water partition coefficient (Wildman–Crippen LogP) is 2.67. The van der Waals surface area contributed by atoms with E-state index in [2.05, 4.69) is 40.3 Å². The number of pyridine rings is 1. The lowest BCUT2D eigenvalue weighted by Crippen LogP contribution is -2.44. The second-order valence-electron chi connectivity index (χ2n) is 5.52. The van der Waals surface area contributed by atoms with Gasteiger partial charge in [0.15, 0.2) is 0 Å². The van der Waals surface area contributed by atoms with E-state index in [1.165, 1.54) is 35.9 Å². The van der Waals surface area contributed by atoms with E-state index in [9.17, 15) is 0 Å². The maximum absolute atomic E-state index is 4.38. The Bertz CT molecular complexity index is 625. The van der Waals surface area contributed by atoms with Crippen molar-refractivity contribution in [2.75, 3.05) is 13.6 Å². The first-order valence-electron chi connectivity index (χ1n) is 6.67. The van der Waals surface area contributed by atoms with Crippen LogP contribution in [-0.4, -0.2) is 34.5 Å². The van der Waals surface area contributed by atoms with Crippen LogP contribution >= 0.6 is 0 Å². The molecule has 2 aliphatic heterocycles. The molecule has 3 aliphatic rings. The van der Waals surface area contributed by atoms with Gasteiger partial charge in [-0.05, 0) is 43.5 Å². The quantitative estimate of drug-likeness (QED) is 0.829. The summed E-state index contributed by atoms with van der Waals surface area (Å²) in [6.07, 6.45) is 9.09. The van der Waals surface area contributed by atoms with Gasteiger partial charge in [-0.15, -0.1) is 0 Å². The maximum Gasteiger partial charge on any atom is 0.137 e. The molecule has 2 atom stereocenters. The van der Waals surface area contributed by atoms with Gasteiger partial charge in [-0.25, -0.2) is 4.98 Å². The van der Waals surface area contributed by atoms with Gasteiger partial charge in [0.1, 0.15) is 5.65 Å². The highest BCUT2D eigenvalue weighted by Crippen LogP contribution is 2.40. The average molecular weight is 239 g/mol. The maximum atomic E-state index is 4.38. The van der Waals surface area contributed by atoms with Crippen LogP contribution in [0.15, 0.2) is 30.6 Å². The number of hydrogen-bond donors (Lipinski definition) is 1. The number of hydrogen-bond acceptors (Lipinski definition) is 2. The van der Waals surface area contributed by atoms with Gasteiger partial charge in [-0.3, -0.25) is 4.90 Å². The first-order valence-corrected chi connectivity index (χ1v) is 6.67. The van der Waals surface area contributed by atoms with E-state index in [0.717, 1.165) is 11.6 Å². The molecule has 3 nitrogen and oxygen atoms in total. The Morgan fingerprint density at radius 2 is 2.33 bits per heavy atom. The summed E-state index contributed by atoms with van der Waals surface area (Å²) in [4.78, 5) is 10.2. The average Bonchev–Trinajstić information content (AvgIpc) is 2.82. The molecule has 2 aromatic rings. The Morgan fingerprint density at radius 1 is 1.39 bits per heavy atom. The minimum Gasteiger partial charge on any atom is -0.346 e. The van der Waals surface area contributed by atoms with Crippen molar-refractivity contribution < 1.29 is 0 Å². The van der Waals surface area contributed by atoms with Gasteiger partial charge in [0.2, 0.25) is 0 Å². The summed E-state index contributed by atoms with van der Waals surface area (Å²) in [5, 5.41) is 1.25. The summed E-state index contributed by atoms with van der Waals surface area (Å²) in [6.45, 7) is 1.22. The Hall–Kier alpha value is -1.61. The zero-order valence-electron chi connectivity index (χ0n) is 10.6. The Morgan fingerprint density at radius 3 is 3.17 bits per heavy atom. The van der Waals surface area contributed by atoms with Gasteiger partial charge in [-0.1, -0.05) is 6.08 Å². The summed E-state index contributed by atoms with van der Waals surface area (Å²) in [6, 6.07) is 4.77. The summed E-state index contributed by atoms with van der Waals surface area (Å²) >= 11 is 0. The zero-order valence-corrected chi connectivity index (χ0v) is 10.6. The van der Waals surface area contributed by atoms with Crippen molar-refractivity contribution in [2.24, 2.45) is 5.92 Å².